The highest BCUT2D eigenvalue weighted by atomic mass is 16.6. The number of amides is 1. The van der Waals surface area contributed by atoms with Gasteiger partial charge in [-0.05, 0) is 13.3 Å². The molecule has 3 N–H and O–H groups in total. The Morgan fingerprint density at radius 1 is 1.53 bits per heavy atom. The fourth-order valence-electron chi connectivity index (χ4n) is 0.953. The number of hydrogen-bond acceptors (Lipinski definition) is 4. The monoisotopic (exact) mass is 215 g/mol. The van der Waals surface area contributed by atoms with E-state index < -0.39 is 18.2 Å². The molecule has 5 heteroatoms. The van der Waals surface area contributed by atoms with Crippen molar-refractivity contribution in [2.24, 2.45) is 5.73 Å². The predicted octanol–water partition coefficient (Wildman–Crippen LogP) is 0.470. The van der Waals surface area contributed by atoms with Crippen molar-refractivity contribution in [3.05, 3.63) is 11.6 Å². The molecule has 0 aliphatic heterocycles. The Labute approximate surface area is 88.9 Å². The molecule has 0 bridgehead atoms. The molecule has 0 saturated heterocycles. The molecule has 0 aromatic rings. The molecule has 0 saturated carbocycles. The summed E-state index contributed by atoms with van der Waals surface area (Å²) < 4.78 is 4.45. The number of unbranched alkanes of at least 4 members (excludes halogenated alkanes) is 2. The van der Waals surface area contributed by atoms with Crippen LogP contribution in [0.15, 0.2) is 11.6 Å². The van der Waals surface area contributed by atoms with Gasteiger partial charge in [0.15, 0.2) is 6.29 Å². The maximum absolute atomic E-state index is 11.2. The Balaban J connectivity index is 4.45. The van der Waals surface area contributed by atoms with Crippen LogP contribution >= 0.6 is 0 Å². The first kappa shape index (κ1) is 13.6. The number of carbonyl (C=O) groups is 2. The van der Waals surface area contributed by atoms with E-state index in [-0.39, 0.29) is 5.57 Å². The maximum atomic E-state index is 11.2. The Hall–Kier alpha value is -1.36. The molecule has 0 radical (unpaired) electrons. The smallest absolute Gasteiger partial charge is 0.345 e. The number of aliphatic hydroxyl groups excluding tert-OH is 1. The van der Waals surface area contributed by atoms with Crippen LogP contribution in [0.25, 0.3) is 0 Å². The van der Waals surface area contributed by atoms with Gasteiger partial charge in [-0.2, -0.15) is 0 Å². The maximum Gasteiger partial charge on any atom is 0.345 e. The summed E-state index contributed by atoms with van der Waals surface area (Å²) in [6.45, 7) is 3.27. The average Bonchev–Trinajstić information content (AvgIpc) is 2.10. The van der Waals surface area contributed by atoms with Gasteiger partial charge in [-0.1, -0.05) is 25.8 Å². The van der Waals surface area contributed by atoms with Crippen molar-refractivity contribution in [2.75, 3.05) is 0 Å². The normalized spacial score (nSPS) is 13.4. The van der Waals surface area contributed by atoms with Gasteiger partial charge >= 0.3 is 5.97 Å². The first-order chi connectivity index (χ1) is 6.99. The second-order valence-electron chi connectivity index (χ2n) is 3.13. The first-order valence-corrected chi connectivity index (χ1v) is 4.88. The van der Waals surface area contributed by atoms with Crippen molar-refractivity contribution in [1.82, 2.24) is 0 Å². The molecule has 0 heterocycles. The van der Waals surface area contributed by atoms with E-state index >= 15 is 0 Å². The average molecular weight is 215 g/mol. The minimum Gasteiger partial charge on any atom is -0.433 e. The summed E-state index contributed by atoms with van der Waals surface area (Å²) in [5.74, 6) is -1.72. The SMILES string of the molecule is CCCC/C=C(\C(N)=O)C(=O)OC(C)O. The topological polar surface area (TPSA) is 89.6 Å². The summed E-state index contributed by atoms with van der Waals surface area (Å²) >= 11 is 0. The zero-order valence-electron chi connectivity index (χ0n) is 9.03. The van der Waals surface area contributed by atoms with Crippen molar-refractivity contribution in [1.29, 1.82) is 0 Å². The number of allylic oxidation sites excluding steroid dienone is 1. The Morgan fingerprint density at radius 2 is 2.13 bits per heavy atom. The highest BCUT2D eigenvalue weighted by Gasteiger charge is 2.17. The first-order valence-electron chi connectivity index (χ1n) is 4.88. The van der Waals surface area contributed by atoms with Crippen LogP contribution in [0, 0.1) is 0 Å². The van der Waals surface area contributed by atoms with Gasteiger partial charge in [0.1, 0.15) is 5.57 Å². The van der Waals surface area contributed by atoms with E-state index in [2.05, 4.69) is 4.74 Å². The molecule has 1 unspecified atom stereocenters. The fraction of sp³-hybridized carbons (Fsp3) is 0.600. The molecule has 1 amide bonds. The van der Waals surface area contributed by atoms with Gasteiger partial charge in [0.05, 0.1) is 0 Å². The molecule has 0 aromatic carbocycles. The molecular weight excluding hydrogens is 198 g/mol. The van der Waals surface area contributed by atoms with Crippen LogP contribution in [-0.2, 0) is 14.3 Å². The second-order valence-corrected chi connectivity index (χ2v) is 3.13. The predicted molar refractivity (Wildman–Crippen MR) is 54.6 cm³/mol. The lowest BCUT2D eigenvalue weighted by Crippen LogP contribution is -2.25. The summed E-state index contributed by atoms with van der Waals surface area (Å²) in [6, 6.07) is 0. The van der Waals surface area contributed by atoms with Crippen molar-refractivity contribution in [3.8, 4) is 0 Å². The summed E-state index contributed by atoms with van der Waals surface area (Å²) in [7, 11) is 0. The van der Waals surface area contributed by atoms with Gasteiger partial charge in [-0.15, -0.1) is 0 Å². The number of esters is 1. The minimum atomic E-state index is -1.24. The van der Waals surface area contributed by atoms with E-state index in [1.54, 1.807) is 0 Å². The lowest BCUT2D eigenvalue weighted by molar-refractivity contribution is -0.160. The Bertz CT molecular complexity index is 258. The highest BCUT2D eigenvalue weighted by molar-refractivity contribution is 6.15. The van der Waals surface area contributed by atoms with Gasteiger partial charge in [0.2, 0.25) is 0 Å². The molecule has 1 atom stereocenters. The zero-order valence-corrected chi connectivity index (χ0v) is 9.03. The molecule has 0 aliphatic carbocycles. The quantitative estimate of drug-likeness (QED) is 0.168. The van der Waals surface area contributed by atoms with Crippen LogP contribution < -0.4 is 5.73 Å². The molecule has 0 aliphatic rings. The fourth-order valence-corrected chi connectivity index (χ4v) is 0.953. The van der Waals surface area contributed by atoms with E-state index in [0.717, 1.165) is 12.8 Å². The standard InChI is InChI=1S/C10H17NO4/c1-3-4-5-6-8(9(11)13)10(14)15-7(2)12/h6-7,12H,3-5H2,1-2H3,(H2,11,13)/b8-6+. The van der Waals surface area contributed by atoms with Gasteiger partial charge < -0.3 is 15.6 Å². The number of rotatable bonds is 6. The molecule has 0 fully saturated rings. The van der Waals surface area contributed by atoms with Crippen LogP contribution in [0.4, 0.5) is 0 Å². The second kappa shape index (κ2) is 7.00. The van der Waals surface area contributed by atoms with E-state index in [9.17, 15) is 9.59 Å². The molecule has 15 heavy (non-hydrogen) atoms. The number of ether oxygens (including phenoxy) is 1. The molecule has 86 valence electrons. The largest absolute Gasteiger partial charge is 0.433 e. The van der Waals surface area contributed by atoms with E-state index in [1.165, 1.54) is 13.0 Å². The number of aliphatic hydroxyl groups is 1. The number of hydrogen-bond donors (Lipinski definition) is 2. The molecular formula is C10H17NO4. The third-order valence-corrected chi connectivity index (χ3v) is 1.67. The van der Waals surface area contributed by atoms with Gasteiger partial charge in [-0.25, -0.2) is 4.79 Å². The van der Waals surface area contributed by atoms with Crippen molar-refractivity contribution in [2.45, 2.75) is 39.4 Å². The third-order valence-electron chi connectivity index (χ3n) is 1.67. The van der Waals surface area contributed by atoms with Crippen LogP contribution in [0.3, 0.4) is 0 Å². The van der Waals surface area contributed by atoms with Crippen LogP contribution in [0.2, 0.25) is 0 Å². The van der Waals surface area contributed by atoms with Crippen LogP contribution in [0.5, 0.6) is 0 Å². The molecule has 5 nitrogen and oxygen atoms in total. The number of carbonyl (C=O) groups excluding carboxylic acids is 2. The summed E-state index contributed by atoms with van der Waals surface area (Å²) in [4.78, 5) is 22.1. The van der Waals surface area contributed by atoms with Gasteiger partial charge in [0.25, 0.3) is 5.91 Å². The summed E-state index contributed by atoms with van der Waals surface area (Å²) in [5, 5.41) is 8.80. The zero-order chi connectivity index (χ0) is 11.8. The van der Waals surface area contributed by atoms with Crippen molar-refractivity contribution in [3.63, 3.8) is 0 Å². The van der Waals surface area contributed by atoms with Crippen molar-refractivity contribution >= 4 is 11.9 Å². The van der Waals surface area contributed by atoms with Crippen molar-refractivity contribution < 1.29 is 19.4 Å². The van der Waals surface area contributed by atoms with E-state index in [4.69, 9.17) is 10.8 Å². The number of nitrogens with two attached hydrogens (primary N) is 1. The summed E-state index contributed by atoms with van der Waals surface area (Å²) in [6.07, 6.45) is 2.60. The lowest BCUT2D eigenvalue weighted by Gasteiger charge is -2.07. The van der Waals surface area contributed by atoms with E-state index in [1.807, 2.05) is 6.92 Å². The number of primary amides is 1. The summed E-state index contributed by atoms with van der Waals surface area (Å²) in [5.41, 5.74) is 4.80. The molecule has 0 aromatic heterocycles. The van der Waals surface area contributed by atoms with Crippen LogP contribution in [-0.4, -0.2) is 23.3 Å². The molecule has 0 spiro atoms. The van der Waals surface area contributed by atoms with Gasteiger partial charge in [-0.3, -0.25) is 4.79 Å². The Morgan fingerprint density at radius 3 is 2.53 bits per heavy atom. The van der Waals surface area contributed by atoms with Crippen LogP contribution in [0.1, 0.15) is 33.1 Å². The molecule has 0 rings (SSSR count). The highest BCUT2D eigenvalue weighted by Crippen LogP contribution is 2.04. The minimum absolute atomic E-state index is 0.204. The Kier molecular flexibility index (Phi) is 6.37. The van der Waals surface area contributed by atoms with E-state index in [0.29, 0.717) is 6.42 Å². The lowest BCUT2D eigenvalue weighted by atomic mass is 10.1. The van der Waals surface area contributed by atoms with Gasteiger partial charge in [0, 0.05) is 0 Å². The third kappa shape index (κ3) is 5.85.